The molecule has 5 heteroatoms. The first-order valence-corrected chi connectivity index (χ1v) is 6.40. The first-order valence-electron chi connectivity index (χ1n) is 6.03. The minimum Gasteiger partial charge on any atom is -0.349 e. The number of hydrogen-bond donors (Lipinski definition) is 1. The second-order valence-electron chi connectivity index (χ2n) is 4.37. The summed E-state index contributed by atoms with van der Waals surface area (Å²) in [6.45, 7) is 2.80. The molecule has 0 aliphatic carbocycles. The van der Waals surface area contributed by atoms with E-state index < -0.39 is 0 Å². The Kier molecular flexibility index (Phi) is 3.09. The second kappa shape index (κ2) is 4.90. The molecule has 0 bridgehead atoms. The second-order valence-corrected chi connectivity index (χ2v) is 4.80. The Bertz CT molecular complexity index is 720. The number of nitrogens with zero attached hydrogens (tertiary/aromatic N) is 3. The predicted octanol–water partition coefficient (Wildman–Crippen LogP) is 3.30. The quantitative estimate of drug-likeness (QED) is 0.795. The lowest BCUT2D eigenvalue weighted by molar-refractivity contribution is 0.949. The maximum Gasteiger partial charge on any atom is 0.243 e. The Balaban J connectivity index is 1.80. The summed E-state index contributed by atoms with van der Waals surface area (Å²) in [5.74, 6) is 0.602. The molecule has 0 spiro atoms. The van der Waals surface area contributed by atoms with Gasteiger partial charge in [0.15, 0.2) is 5.65 Å². The predicted molar refractivity (Wildman–Crippen MR) is 76.5 cm³/mol. The van der Waals surface area contributed by atoms with E-state index in [-0.39, 0.29) is 0 Å². The van der Waals surface area contributed by atoms with Gasteiger partial charge in [-0.2, -0.15) is 4.98 Å². The van der Waals surface area contributed by atoms with Gasteiger partial charge in [0.2, 0.25) is 5.95 Å². The molecule has 0 amide bonds. The van der Waals surface area contributed by atoms with E-state index in [1.165, 1.54) is 11.1 Å². The van der Waals surface area contributed by atoms with E-state index in [2.05, 4.69) is 34.5 Å². The van der Waals surface area contributed by atoms with Crippen LogP contribution in [0.25, 0.3) is 5.65 Å². The largest absolute Gasteiger partial charge is 0.349 e. The maximum absolute atomic E-state index is 5.91. The third kappa shape index (κ3) is 2.53. The number of anilines is 1. The Hall–Kier alpha value is -2.07. The van der Waals surface area contributed by atoms with Gasteiger partial charge in [-0.25, -0.2) is 4.52 Å². The summed E-state index contributed by atoms with van der Waals surface area (Å²) in [7, 11) is 0. The highest BCUT2D eigenvalue weighted by Gasteiger charge is 2.04. The van der Waals surface area contributed by atoms with Gasteiger partial charge in [-0.3, -0.25) is 0 Å². The fraction of sp³-hybridized carbons (Fsp3) is 0.143. The molecule has 2 heterocycles. The van der Waals surface area contributed by atoms with Crippen molar-refractivity contribution in [2.24, 2.45) is 0 Å². The zero-order valence-corrected chi connectivity index (χ0v) is 11.2. The molecule has 0 fully saturated rings. The monoisotopic (exact) mass is 272 g/mol. The number of rotatable bonds is 3. The Morgan fingerprint density at radius 1 is 1.21 bits per heavy atom. The van der Waals surface area contributed by atoms with Crippen molar-refractivity contribution in [3.63, 3.8) is 0 Å². The number of aryl methyl sites for hydroxylation is 1. The van der Waals surface area contributed by atoms with Gasteiger partial charge in [-0.05, 0) is 30.2 Å². The van der Waals surface area contributed by atoms with Gasteiger partial charge in [-0.1, -0.05) is 35.9 Å². The van der Waals surface area contributed by atoms with E-state index >= 15 is 0 Å². The average Bonchev–Trinajstić information content (AvgIpc) is 2.79. The van der Waals surface area contributed by atoms with Crippen LogP contribution >= 0.6 is 11.6 Å². The molecule has 1 aromatic carbocycles. The van der Waals surface area contributed by atoms with Gasteiger partial charge >= 0.3 is 0 Å². The fourth-order valence-electron chi connectivity index (χ4n) is 1.92. The molecule has 2 aromatic heterocycles. The lowest BCUT2D eigenvalue weighted by Crippen LogP contribution is -2.02. The van der Waals surface area contributed by atoms with Crippen molar-refractivity contribution in [2.45, 2.75) is 13.5 Å². The van der Waals surface area contributed by atoms with Crippen molar-refractivity contribution in [1.82, 2.24) is 14.6 Å². The van der Waals surface area contributed by atoms with Crippen LogP contribution in [-0.4, -0.2) is 14.6 Å². The standard InChI is InChI=1S/C14H13ClN4/c1-10-4-2-3-5-11(10)8-16-14-17-13-7-6-12(15)9-19(13)18-14/h2-7,9H,8H2,1H3,(H,16,18). The van der Waals surface area contributed by atoms with Crippen LogP contribution in [0.5, 0.6) is 0 Å². The zero-order chi connectivity index (χ0) is 13.2. The molecule has 0 saturated carbocycles. The Morgan fingerprint density at radius 3 is 2.89 bits per heavy atom. The highest BCUT2D eigenvalue weighted by atomic mass is 35.5. The first-order chi connectivity index (χ1) is 9.22. The van der Waals surface area contributed by atoms with Crippen LogP contribution in [0.1, 0.15) is 11.1 Å². The average molecular weight is 273 g/mol. The minimum absolute atomic E-state index is 0.602. The van der Waals surface area contributed by atoms with Crippen LogP contribution in [0.2, 0.25) is 5.02 Å². The third-order valence-electron chi connectivity index (χ3n) is 2.99. The highest BCUT2D eigenvalue weighted by molar-refractivity contribution is 6.30. The summed E-state index contributed by atoms with van der Waals surface area (Å²) in [6, 6.07) is 11.9. The Labute approximate surface area is 116 Å². The van der Waals surface area contributed by atoms with Crippen molar-refractivity contribution in [3.05, 3.63) is 58.7 Å². The number of benzene rings is 1. The summed E-state index contributed by atoms with van der Waals surface area (Å²) in [5.41, 5.74) is 3.26. The molecule has 0 aliphatic rings. The SMILES string of the molecule is Cc1ccccc1CNc1nc2ccc(Cl)cn2n1. The molecule has 96 valence electrons. The number of hydrogen-bond acceptors (Lipinski definition) is 3. The van der Waals surface area contributed by atoms with Crippen LogP contribution in [0.4, 0.5) is 5.95 Å². The molecular formula is C14H13ClN4. The van der Waals surface area contributed by atoms with E-state index in [1.807, 2.05) is 18.2 Å². The number of nitrogens with one attached hydrogen (secondary N) is 1. The van der Waals surface area contributed by atoms with Gasteiger partial charge in [0.25, 0.3) is 0 Å². The van der Waals surface area contributed by atoms with Crippen LogP contribution in [0.3, 0.4) is 0 Å². The van der Waals surface area contributed by atoms with Crippen molar-refractivity contribution < 1.29 is 0 Å². The van der Waals surface area contributed by atoms with Gasteiger partial charge in [0, 0.05) is 12.7 Å². The molecule has 1 N–H and O–H groups in total. The van der Waals surface area contributed by atoms with E-state index in [4.69, 9.17) is 11.6 Å². The third-order valence-corrected chi connectivity index (χ3v) is 3.22. The minimum atomic E-state index is 0.602. The van der Waals surface area contributed by atoms with Crippen LogP contribution in [-0.2, 0) is 6.54 Å². The normalized spacial score (nSPS) is 10.8. The fourth-order valence-corrected chi connectivity index (χ4v) is 2.07. The summed E-state index contributed by atoms with van der Waals surface area (Å²) in [6.07, 6.45) is 1.74. The Morgan fingerprint density at radius 2 is 2.05 bits per heavy atom. The van der Waals surface area contributed by atoms with Gasteiger partial charge in [-0.15, -0.1) is 5.10 Å². The number of aromatic nitrogens is 3. The van der Waals surface area contributed by atoms with Gasteiger partial charge in [0.1, 0.15) is 0 Å². The van der Waals surface area contributed by atoms with E-state index in [0.717, 1.165) is 5.65 Å². The van der Waals surface area contributed by atoms with Crippen molar-refractivity contribution in [2.75, 3.05) is 5.32 Å². The molecule has 0 atom stereocenters. The van der Waals surface area contributed by atoms with Crippen LogP contribution < -0.4 is 5.32 Å². The molecule has 0 saturated heterocycles. The van der Waals surface area contributed by atoms with E-state index in [0.29, 0.717) is 17.5 Å². The molecule has 3 aromatic rings. The van der Waals surface area contributed by atoms with Crippen molar-refractivity contribution >= 4 is 23.2 Å². The van der Waals surface area contributed by atoms with E-state index in [1.54, 1.807) is 16.8 Å². The summed E-state index contributed by atoms with van der Waals surface area (Å²) in [5, 5.41) is 8.19. The lowest BCUT2D eigenvalue weighted by Gasteiger charge is -2.05. The lowest BCUT2D eigenvalue weighted by atomic mass is 10.1. The van der Waals surface area contributed by atoms with Crippen molar-refractivity contribution in [1.29, 1.82) is 0 Å². The zero-order valence-electron chi connectivity index (χ0n) is 10.5. The van der Waals surface area contributed by atoms with Gasteiger partial charge in [0.05, 0.1) is 5.02 Å². The summed E-state index contributed by atoms with van der Waals surface area (Å²) in [4.78, 5) is 4.38. The topological polar surface area (TPSA) is 42.2 Å². The molecular weight excluding hydrogens is 260 g/mol. The molecule has 0 aliphatic heterocycles. The molecule has 3 rings (SSSR count). The van der Waals surface area contributed by atoms with Crippen LogP contribution in [0.15, 0.2) is 42.6 Å². The molecule has 0 unspecified atom stereocenters. The summed E-state index contributed by atoms with van der Waals surface area (Å²) < 4.78 is 1.67. The van der Waals surface area contributed by atoms with Crippen molar-refractivity contribution in [3.8, 4) is 0 Å². The van der Waals surface area contributed by atoms with Crippen LogP contribution in [0, 0.1) is 6.92 Å². The highest BCUT2D eigenvalue weighted by Crippen LogP contribution is 2.13. The summed E-state index contributed by atoms with van der Waals surface area (Å²) >= 11 is 5.91. The number of fused-ring (bicyclic) bond motifs is 1. The maximum atomic E-state index is 5.91. The molecule has 0 radical (unpaired) electrons. The molecule has 4 nitrogen and oxygen atoms in total. The van der Waals surface area contributed by atoms with E-state index in [9.17, 15) is 0 Å². The van der Waals surface area contributed by atoms with Gasteiger partial charge < -0.3 is 5.32 Å². The smallest absolute Gasteiger partial charge is 0.243 e. The number of halogens is 1. The number of pyridine rings is 1. The first kappa shape index (κ1) is 12.0. The molecule has 19 heavy (non-hydrogen) atoms.